The van der Waals surface area contributed by atoms with Gasteiger partial charge >= 0.3 is 0 Å². The minimum absolute atomic E-state index is 0.525. The van der Waals surface area contributed by atoms with Crippen molar-refractivity contribution in [3.63, 3.8) is 0 Å². The molecule has 2 rings (SSSR count). The molecule has 0 spiro atoms. The van der Waals surface area contributed by atoms with Crippen LogP contribution in [0.5, 0.6) is 0 Å². The van der Waals surface area contributed by atoms with Gasteiger partial charge in [-0.25, -0.2) is 4.99 Å². The van der Waals surface area contributed by atoms with E-state index in [1.807, 2.05) is 26.3 Å². The monoisotopic (exact) mass is 204 g/mol. The van der Waals surface area contributed by atoms with Crippen LogP contribution in [-0.2, 0) is 6.54 Å². The standard InChI is InChI=1S/C11H14N2.C2H6/c1-9(2)13-7-10-5-3-4-6-11(10)12-8-13;1-2/h3-6,8-9H,7H2,1-2H3;1-2H3. The van der Waals surface area contributed by atoms with E-state index >= 15 is 0 Å². The van der Waals surface area contributed by atoms with Gasteiger partial charge in [-0.3, -0.25) is 0 Å². The van der Waals surface area contributed by atoms with Gasteiger partial charge in [0.05, 0.1) is 12.0 Å². The summed E-state index contributed by atoms with van der Waals surface area (Å²) >= 11 is 0. The first-order valence-corrected chi connectivity index (χ1v) is 5.65. The van der Waals surface area contributed by atoms with Crippen LogP contribution >= 0.6 is 0 Å². The van der Waals surface area contributed by atoms with Crippen LogP contribution in [0.1, 0.15) is 33.3 Å². The maximum Gasteiger partial charge on any atom is 0.0917 e. The number of benzene rings is 1. The molecule has 0 N–H and O–H groups in total. The molecule has 1 aromatic carbocycles. The number of hydrogen-bond acceptors (Lipinski definition) is 2. The van der Waals surface area contributed by atoms with Crippen LogP contribution < -0.4 is 0 Å². The third-order valence-electron chi connectivity index (χ3n) is 2.35. The predicted molar refractivity (Wildman–Crippen MR) is 66.6 cm³/mol. The van der Waals surface area contributed by atoms with Crippen molar-refractivity contribution < 1.29 is 0 Å². The van der Waals surface area contributed by atoms with Gasteiger partial charge in [-0.05, 0) is 25.5 Å². The van der Waals surface area contributed by atoms with Gasteiger partial charge in [-0.1, -0.05) is 32.0 Å². The molecule has 0 aromatic heterocycles. The molecule has 15 heavy (non-hydrogen) atoms. The largest absolute Gasteiger partial charge is 0.356 e. The van der Waals surface area contributed by atoms with E-state index in [-0.39, 0.29) is 0 Å². The number of para-hydroxylation sites is 1. The topological polar surface area (TPSA) is 15.6 Å². The summed E-state index contributed by atoms with van der Waals surface area (Å²) in [5, 5.41) is 0. The summed E-state index contributed by atoms with van der Waals surface area (Å²) < 4.78 is 0. The molecule has 1 aliphatic rings. The lowest BCUT2D eigenvalue weighted by atomic mass is 10.1. The van der Waals surface area contributed by atoms with E-state index in [0.717, 1.165) is 12.2 Å². The van der Waals surface area contributed by atoms with Gasteiger partial charge in [0.25, 0.3) is 0 Å². The van der Waals surface area contributed by atoms with Crippen LogP contribution in [0.4, 0.5) is 5.69 Å². The smallest absolute Gasteiger partial charge is 0.0917 e. The summed E-state index contributed by atoms with van der Waals surface area (Å²) in [7, 11) is 0. The van der Waals surface area contributed by atoms with E-state index in [1.165, 1.54) is 5.56 Å². The molecule has 0 bridgehead atoms. The summed E-state index contributed by atoms with van der Waals surface area (Å²) in [5.41, 5.74) is 2.43. The minimum atomic E-state index is 0.525. The van der Waals surface area contributed by atoms with E-state index in [2.05, 4.69) is 41.9 Å². The number of nitrogens with zero attached hydrogens (tertiary/aromatic N) is 2. The van der Waals surface area contributed by atoms with Gasteiger partial charge in [0.2, 0.25) is 0 Å². The Kier molecular flexibility index (Phi) is 4.35. The van der Waals surface area contributed by atoms with Crippen molar-refractivity contribution in [1.82, 2.24) is 4.90 Å². The quantitative estimate of drug-likeness (QED) is 0.682. The highest BCUT2D eigenvalue weighted by Crippen LogP contribution is 2.23. The average Bonchev–Trinajstić information content (AvgIpc) is 2.31. The molecular weight excluding hydrogens is 184 g/mol. The summed E-state index contributed by atoms with van der Waals surface area (Å²) in [6, 6.07) is 8.82. The first-order valence-electron chi connectivity index (χ1n) is 5.65. The zero-order valence-corrected chi connectivity index (χ0v) is 10.1. The molecule has 0 saturated heterocycles. The second-order valence-corrected chi connectivity index (χ2v) is 3.64. The molecule has 1 heterocycles. The van der Waals surface area contributed by atoms with Gasteiger partial charge in [-0.15, -0.1) is 0 Å². The minimum Gasteiger partial charge on any atom is -0.356 e. The maximum absolute atomic E-state index is 4.40. The molecule has 0 atom stereocenters. The zero-order valence-electron chi connectivity index (χ0n) is 10.1. The maximum atomic E-state index is 4.40. The van der Waals surface area contributed by atoms with Crippen LogP contribution in [0.15, 0.2) is 29.3 Å². The van der Waals surface area contributed by atoms with E-state index < -0.39 is 0 Å². The Morgan fingerprint density at radius 1 is 1.20 bits per heavy atom. The fourth-order valence-electron chi connectivity index (χ4n) is 1.46. The summed E-state index contributed by atoms with van der Waals surface area (Å²) in [6.45, 7) is 9.34. The second kappa shape index (κ2) is 5.54. The molecule has 2 nitrogen and oxygen atoms in total. The zero-order chi connectivity index (χ0) is 11.3. The predicted octanol–water partition coefficient (Wildman–Crippen LogP) is 3.60. The third kappa shape index (κ3) is 2.82. The Bertz CT molecular complexity index is 329. The lowest BCUT2D eigenvalue weighted by Crippen LogP contribution is -2.30. The highest BCUT2D eigenvalue weighted by Gasteiger charge is 2.12. The molecule has 0 amide bonds. The molecule has 0 saturated carbocycles. The molecule has 1 aliphatic heterocycles. The summed E-state index contributed by atoms with van der Waals surface area (Å²) in [4.78, 5) is 6.64. The van der Waals surface area contributed by atoms with Gasteiger partial charge in [0.1, 0.15) is 0 Å². The Hall–Kier alpha value is -1.31. The first kappa shape index (κ1) is 11.8. The van der Waals surface area contributed by atoms with E-state index in [4.69, 9.17) is 0 Å². The van der Waals surface area contributed by atoms with Crippen molar-refractivity contribution in [1.29, 1.82) is 0 Å². The number of aliphatic imine (C=N–C) groups is 1. The second-order valence-electron chi connectivity index (χ2n) is 3.64. The highest BCUT2D eigenvalue weighted by molar-refractivity contribution is 5.66. The SMILES string of the molecule is CC.CC(C)N1C=Nc2ccccc2C1. The van der Waals surface area contributed by atoms with E-state index in [9.17, 15) is 0 Å². The Labute approximate surface area is 92.6 Å². The summed E-state index contributed by atoms with van der Waals surface area (Å²) in [5.74, 6) is 0. The lowest BCUT2D eigenvalue weighted by molar-refractivity contribution is 0.349. The van der Waals surface area contributed by atoms with Crippen LogP contribution in [-0.4, -0.2) is 17.3 Å². The average molecular weight is 204 g/mol. The van der Waals surface area contributed by atoms with Crippen LogP contribution in [0.3, 0.4) is 0 Å². The van der Waals surface area contributed by atoms with Crippen molar-refractivity contribution in [2.75, 3.05) is 0 Å². The van der Waals surface area contributed by atoms with Gasteiger partial charge < -0.3 is 4.90 Å². The van der Waals surface area contributed by atoms with Crippen LogP contribution in [0.2, 0.25) is 0 Å². The van der Waals surface area contributed by atoms with Crippen LogP contribution in [0, 0.1) is 0 Å². The summed E-state index contributed by atoms with van der Waals surface area (Å²) in [6.07, 6.45) is 1.94. The first-order chi connectivity index (χ1) is 7.27. The molecule has 0 aliphatic carbocycles. The van der Waals surface area contributed by atoms with E-state index in [0.29, 0.717) is 6.04 Å². The number of hydrogen-bond donors (Lipinski definition) is 0. The molecule has 0 radical (unpaired) electrons. The fourth-order valence-corrected chi connectivity index (χ4v) is 1.46. The lowest BCUT2D eigenvalue weighted by Gasteiger charge is -2.27. The van der Waals surface area contributed by atoms with Crippen molar-refractivity contribution in [3.8, 4) is 0 Å². The number of fused-ring (bicyclic) bond motifs is 1. The molecule has 0 unspecified atom stereocenters. The Morgan fingerprint density at radius 2 is 1.87 bits per heavy atom. The normalized spacial score (nSPS) is 13.3. The van der Waals surface area contributed by atoms with Gasteiger partial charge in [0, 0.05) is 12.6 Å². The molecule has 2 heteroatoms. The van der Waals surface area contributed by atoms with Gasteiger partial charge in [0.15, 0.2) is 0 Å². The van der Waals surface area contributed by atoms with E-state index in [1.54, 1.807) is 0 Å². The van der Waals surface area contributed by atoms with Crippen LogP contribution in [0.25, 0.3) is 0 Å². The van der Waals surface area contributed by atoms with Crippen molar-refractivity contribution in [2.45, 2.75) is 40.3 Å². The molecule has 1 aromatic rings. The third-order valence-corrected chi connectivity index (χ3v) is 2.35. The van der Waals surface area contributed by atoms with Crippen molar-refractivity contribution in [2.24, 2.45) is 4.99 Å². The van der Waals surface area contributed by atoms with Gasteiger partial charge in [-0.2, -0.15) is 0 Å². The number of rotatable bonds is 1. The molecule has 82 valence electrons. The molecular formula is C13H20N2. The molecule has 0 fully saturated rings. The van der Waals surface area contributed by atoms with Crippen molar-refractivity contribution >= 4 is 12.0 Å². The Balaban J connectivity index is 0.000000531. The highest BCUT2D eigenvalue weighted by atomic mass is 15.2. The Morgan fingerprint density at radius 3 is 2.53 bits per heavy atom. The van der Waals surface area contributed by atoms with Crippen molar-refractivity contribution in [3.05, 3.63) is 29.8 Å². The fraction of sp³-hybridized carbons (Fsp3) is 0.462.